The molecule has 156 valence electrons. The summed E-state index contributed by atoms with van der Waals surface area (Å²) in [6.07, 6.45) is 4.49. The molecule has 1 aliphatic heterocycles. The van der Waals surface area contributed by atoms with E-state index in [0.717, 1.165) is 43.5 Å². The van der Waals surface area contributed by atoms with Crippen molar-refractivity contribution in [3.8, 4) is 0 Å². The van der Waals surface area contributed by atoms with Crippen molar-refractivity contribution in [1.82, 2.24) is 4.90 Å². The van der Waals surface area contributed by atoms with Gasteiger partial charge >= 0.3 is 0 Å². The van der Waals surface area contributed by atoms with Crippen molar-refractivity contribution in [3.63, 3.8) is 0 Å². The Hall–Kier alpha value is -1.89. The minimum Gasteiger partial charge on any atom is -0.334 e. The molecule has 4 rings (SSSR count). The van der Waals surface area contributed by atoms with Gasteiger partial charge in [0.15, 0.2) is 0 Å². The lowest BCUT2D eigenvalue weighted by atomic mass is 9.99. The maximum absolute atomic E-state index is 13.1. The highest BCUT2D eigenvalue weighted by atomic mass is 35.5. The maximum Gasteiger partial charge on any atom is 0.254 e. The number of carbonyl (C=O) groups excluding carboxylic acids is 2. The first-order valence-corrected chi connectivity index (χ1v) is 10.9. The number of nitrogens with zero attached hydrogens (tertiary/aromatic N) is 1. The van der Waals surface area contributed by atoms with Crippen molar-refractivity contribution < 1.29 is 9.59 Å². The van der Waals surface area contributed by atoms with Crippen molar-refractivity contribution in [3.05, 3.63) is 51.2 Å². The van der Waals surface area contributed by atoms with Crippen LogP contribution in [0.2, 0.25) is 0 Å². The molecule has 1 aromatic heterocycles. The minimum atomic E-state index is -0.0177. The molecule has 2 aromatic rings. The molecule has 7 heteroatoms. The van der Waals surface area contributed by atoms with Crippen molar-refractivity contribution in [2.45, 2.75) is 51.6 Å². The molecule has 5 nitrogen and oxygen atoms in total. The van der Waals surface area contributed by atoms with Crippen LogP contribution in [0.4, 0.5) is 5.69 Å². The molecule has 2 atom stereocenters. The summed E-state index contributed by atoms with van der Waals surface area (Å²) in [5.74, 6) is 0.275. The molecule has 1 aliphatic carbocycles. The van der Waals surface area contributed by atoms with Gasteiger partial charge in [-0.25, -0.2) is 0 Å². The lowest BCUT2D eigenvalue weighted by Gasteiger charge is -2.28. The van der Waals surface area contributed by atoms with Crippen LogP contribution in [-0.4, -0.2) is 29.3 Å². The van der Waals surface area contributed by atoms with Crippen LogP contribution in [0, 0.1) is 12.8 Å². The van der Waals surface area contributed by atoms with E-state index in [0.29, 0.717) is 18.5 Å². The topological polar surface area (TPSA) is 75.4 Å². The van der Waals surface area contributed by atoms with E-state index >= 15 is 0 Å². The molecule has 1 fully saturated rings. The predicted molar refractivity (Wildman–Crippen MR) is 120 cm³/mol. The molecule has 0 bridgehead atoms. The number of anilines is 1. The highest BCUT2D eigenvalue weighted by Crippen LogP contribution is 2.29. The summed E-state index contributed by atoms with van der Waals surface area (Å²) in [5.41, 5.74) is 9.55. The third-order valence-corrected chi connectivity index (χ3v) is 7.12. The fourth-order valence-electron chi connectivity index (χ4n) is 4.35. The van der Waals surface area contributed by atoms with Gasteiger partial charge in [-0.3, -0.25) is 9.59 Å². The summed E-state index contributed by atoms with van der Waals surface area (Å²) in [7, 11) is 0. The largest absolute Gasteiger partial charge is 0.334 e. The lowest BCUT2D eigenvalue weighted by molar-refractivity contribution is -0.117. The Morgan fingerprint density at radius 2 is 2.10 bits per heavy atom. The van der Waals surface area contributed by atoms with E-state index in [-0.39, 0.29) is 36.2 Å². The molecule has 1 saturated carbocycles. The first kappa shape index (κ1) is 21.8. The zero-order chi connectivity index (χ0) is 19.7. The van der Waals surface area contributed by atoms with Crippen molar-refractivity contribution >= 4 is 41.2 Å². The molecule has 2 aliphatic rings. The number of amides is 2. The Kier molecular flexibility index (Phi) is 6.98. The molecule has 2 heterocycles. The molecular formula is C22H28ClN3O2S. The number of benzene rings is 1. The molecule has 0 radical (unpaired) electrons. The van der Waals surface area contributed by atoms with E-state index in [1.807, 2.05) is 30.0 Å². The molecular weight excluding hydrogens is 406 g/mol. The van der Waals surface area contributed by atoms with Gasteiger partial charge in [0.25, 0.3) is 5.91 Å². The third kappa shape index (κ3) is 4.65. The van der Waals surface area contributed by atoms with Gasteiger partial charge in [-0.05, 0) is 66.8 Å². The van der Waals surface area contributed by atoms with E-state index in [1.54, 1.807) is 11.3 Å². The summed E-state index contributed by atoms with van der Waals surface area (Å²) in [5, 5.41) is 5.10. The van der Waals surface area contributed by atoms with E-state index in [9.17, 15) is 9.59 Å². The lowest BCUT2D eigenvalue weighted by Crippen LogP contribution is -2.35. The number of hydrogen-bond donors (Lipinski definition) is 2. The molecule has 0 saturated heterocycles. The number of thiophene rings is 1. The van der Waals surface area contributed by atoms with Crippen LogP contribution in [0.1, 0.15) is 52.0 Å². The maximum atomic E-state index is 13.1. The summed E-state index contributed by atoms with van der Waals surface area (Å²) in [4.78, 5) is 28.9. The van der Waals surface area contributed by atoms with Gasteiger partial charge in [-0.2, -0.15) is 0 Å². The van der Waals surface area contributed by atoms with Gasteiger partial charge < -0.3 is 16.0 Å². The Labute approximate surface area is 182 Å². The average Bonchev–Trinajstić information content (AvgIpc) is 3.31. The molecule has 0 spiro atoms. The summed E-state index contributed by atoms with van der Waals surface area (Å²) in [6.45, 7) is 3.30. The Morgan fingerprint density at radius 3 is 2.86 bits per heavy atom. The van der Waals surface area contributed by atoms with Crippen LogP contribution in [0.5, 0.6) is 0 Å². The van der Waals surface area contributed by atoms with Crippen LogP contribution in [-0.2, 0) is 17.8 Å². The Morgan fingerprint density at radius 1 is 1.28 bits per heavy atom. The third-order valence-electron chi connectivity index (χ3n) is 6.10. The first-order chi connectivity index (χ1) is 13.5. The van der Waals surface area contributed by atoms with E-state index < -0.39 is 0 Å². The van der Waals surface area contributed by atoms with Crippen molar-refractivity contribution in [2.24, 2.45) is 11.7 Å². The zero-order valence-electron chi connectivity index (χ0n) is 16.6. The summed E-state index contributed by atoms with van der Waals surface area (Å²) >= 11 is 1.77. The number of carbonyl (C=O) groups is 2. The SMILES string of the molecule is Cc1c(NC(=O)C[C@@H]2CCC[C@H]2N)cccc1C(=O)N1CCc2sccc2C1.Cl. The second kappa shape index (κ2) is 9.28. The number of nitrogens with two attached hydrogens (primary N) is 1. The van der Waals surface area contributed by atoms with Crippen molar-refractivity contribution in [1.29, 1.82) is 0 Å². The van der Waals surface area contributed by atoms with Crippen LogP contribution >= 0.6 is 23.7 Å². The highest BCUT2D eigenvalue weighted by Gasteiger charge is 2.27. The van der Waals surface area contributed by atoms with Gasteiger partial charge in [-0.1, -0.05) is 12.5 Å². The number of hydrogen-bond acceptors (Lipinski definition) is 4. The van der Waals surface area contributed by atoms with E-state index in [4.69, 9.17) is 5.73 Å². The van der Waals surface area contributed by atoms with Gasteiger partial charge in [0.1, 0.15) is 0 Å². The average molecular weight is 434 g/mol. The quantitative estimate of drug-likeness (QED) is 0.761. The van der Waals surface area contributed by atoms with E-state index in [1.165, 1.54) is 10.4 Å². The fraction of sp³-hybridized carbons (Fsp3) is 0.455. The van der Waals surface area contributed by atoms with Crippen LogP contribution in [0.15, 0.2) is 29.6 Å². The second-order valence-corrected chi connectivity index (χ2v) is 8.93. The number of nitrogens with one attached hydrogen (secondary N) is 1. The van der Waals surface area contributed by atoms with E-state index in [2.05, 4.69) is 16.8 Å². The van der Waals surface area contributed by atoms with Crippen LogP contribution in [0.3, 0.4) is 0 Å². The summed E-state index contributed by atoms with van der Waals surface area (Å²) < 4.78 is 0. The van der Waals surface area contributed by atoms with Gasteiger partial charge in [0.05, 0.1) is 0 Å². The number of fused-ring (bicyclic) bond motifs is 1. The molecule has 2 amide bonds. The minimum absolute atomic E-state index is 0. The molecule has 1 aromatic carbocycles. The molecule has 0 unspecified atom stereocenters. The second-order valence-electron chi connectivity index (χ2n) is 7.93. The standard InChI is InChI=1S/C22H27N3O2S.ClH/c1-14-17(22(27)25-10-8-20-16(13-25)9-11-28-20)5-3-7-19(14)24-21(26)12-15-4-2-6-18(15)23;/h3,5,7,9,11,15,18H,2,4,6,8,10,12-13,23H2,1H3,(H,24,26);1H/t15-,18+;/m0./s1. The normalized spacial score (nSPS) is 20.7. The first-order valence-electron chi connectivity index (χ1n) is 10.0. The highest BCUT2D eigenvalue weighted by molar-refractivity contribution is 7.10. The Balaban J connectivity index is 0.00000240. The summed E-state index contributed by atoms with van der Waals surface area (Å²) in [6, 6.07) is 7.80. The zero-order valence-corrected chi connectivity index (χ0v) is 18.3. The predicted octanol–water partition coefficient (Wildman–Crippen LogP) is 4.13. The number of halogens is 1. The van der Waals surface area contributed by atoms with Gasteiger partial charge in [0.2, 0.25) is 5.91 Å². The van der Waals surface area contributed by atoms with Gasteiger partial charge in [-0.15, -0.1) is 23.7 Å². The fourth-order valence-corrected chi connectivity index (χ4v) is 5.24. The van der Waals surface area contributed by atoms with Gasteiger partial charge in [0, 0.05) is 41.7 Å². The molecule has 29 heavy (non-hydrogen) atoms. The Bertz CT molecular complexity index is 898. The van der Waals surface area contributed by atoms with Crippen molar-refractivity contribution in [2.75, 3.05) is 11.9 Å². The molecule has 3 N–H and O–H groups in total. The smallest absolute Gasteiger partial charge is 0.254 e. The monoisotopic (exact) mass is 433 g/mol. The number of rotatable bonds is 4. The van der Waals surface area contributed by atoms with Crippen LogP contribution < -0.4 is 11.1 Å². The van der Waals surface area contributed by atoms with Crippen LogP contribution in [0.25, 0.3) is 0 Å².